The number of hydrogen-bond acceptors (Lipinski definition) is 2. The second-order valence-electron chi connectivity index (χ2n) is 4.27. The molecule has 1 fully saturated rings. The number of anilines is 1. The van der Waals surface area contributed by atoms with Crippen LogP contribution in [-0.2, 0) is 5.75 Å². The van der Waals surface area contributed by atoms with E-state index in [0.717, 1.165) is 16.7 Å². The van der Waals surface area contributed by atoms with Gasteiger partial charge in [-0.1, -0.05) is 37.5 Å². The van der Waals surface area contributed by atoms with Gasteiger partial charge in [-0.2, -0.15) is 11.8 Å². The quantitative estimate of drug-likeness (QED) is 0.785. The SMILES string of the molecule is Nc1ccccc1CSC1CCCCC1. The molecule has 15 heavy (non-hydrogen) atoms. The highest BCUT2D eigenvalue weighted by Crippen LogP contribution is 2.31. The fourth-order valence-electron chi connectivity index (χ4n) is 2.11. The van der Waals surface area contributed by atoms with Crippen LogP contribution in [0.25, 0.3) is 0 Å². The number of nitrogens with two attached hydrogens (primary N) is 1. The summed E-state index contributed by atoms with van der Waals surface area (Å²) < 4.78 is 0. The van der Waals surface area contributed by atoms with Crippen LogP contribution in [0.4, 0.5) is 5.69 Å². The summed E-state index contributed by atoms with van der Waals surface area (Å²) in [5, 5.41) is 0.873. The Bertz CT molecular complexity index is 305. The Morgan fingerprint density at radius 3 is 2.60 bits per heavy atom. The van der Waals surface area contributed by atoms with Gasteiger partial charge in [-0.05, 0) is 24.5 Å². The van der Waals surface area contributed by atoms with E-state index in [-0.39, 0.29) is 0 Å². The van der Waals surface area contributed by atoms with Crippen LogP contribution in [0.5, 0.6) is 0 Å². The zero-order valence-corrected chi connectivity index (χ0v) is 9.93. The summed E-state index contributed by atoms with van der Waals surface area (Å²) in [6, 6.07) is 8.22. The van der Waals surface area contributed by atoms with Crippen molar-refractivity contribution in [2.45, 2.75) is 43.1 Å². The number of benzene rings is 1. The van der Waals surface area contributed by atoms with Gasteiger partial charge in [0.25, 0.3) is 0 Å². The number of hydrogen-bond donors (Lipinski definition) is 1. The number of nitrogen functional groups attached to an aromatic ring is 1. The summed E-state index contributed by atoms with van der Waals surface area (Å²) in [7, 11) is 0. The molecule has 1 aromatic carbocycles. The number of thioether (sulfide) groups is 1. The minimum atomic E-state index is 0.873. The lowest BCUT2D eigenvalue weighted by atomic mass is 10.0. The minimum Gasteiger partial charge on any atom is -0.398 e. The van der Waals surface area contributed by atoms with Gasteiger partial charge in [-0.15, -0.1) is 0 Å². The molecule has 0 aliphatic heterocycles. The first kappa shape index (κ1) is 10.9. The van der Waals surface area contributed by atoms with E-state index in [1.165, 1.54) is 37.7 Å². The second kappa shape index (κ2) is 5.45. The van der Waals surface area contributed by atoms with Gasteiger partial charge in [0, 0.05) is 16.7 Å². The van der Waals surface area contributed by atoms with E-state index in [1.54, 1.807) is 0 Å². The van der Waals surface area contributed by atoms with Crippen LogP contribution in [0.1, 0.15) is 37.7 Å². The molecule has 0 atom stereocenters. The third-order valence-corrected chi connectivity index (χ3v) is 4.50. The average molecular weight is 221 g/mol. The lowest BCUT2D eigenvalue weighted by Gasteiger charge is -2.21. The van der Waals surface area contributed by atoms with Crippen LogP contribution in [-0.4, -0.2) is 5.25 Å². The van der Waals surface area contributed by atoms with Gasteiger partial charge in [0.1, 0.15) is 0 Å². The molecule has 0 bridgehead atoms. The topological polar surface area (TPSA) is 26.0 Å². The van der Waals surface area contributed by atoms with Gasteiger partial charge in [-0.25, -0.2) is 0 Å². The molecule has 2 rings (SSSR count). The van der Waals surface area contributed by atoms with Crippen LogP contribution in [0.2, 0.25) is 0 Å². The van der Waals surface area contributed by atoms with E-state index in [1.807, 2.05) is 12.1 Å². The van der Waals surface area contributed by atoms with Crippen LogP contribution in [0, 0.1) is 0 Å². The zero-order chi connectivity index (χ0) is 10.5. The summed E-state index contributed by atoms with van der Waals surface area (Å²) in [5.41, 5.74) is 8.17. The Labute approximate surface area is 96.4 Å². The zero-order valence-electron chi connectivity index (χ0n) is 9.11. The van der Waals surface area contributed by atoms with Gasteiger partial charge >= 0.3 is 0 Å². The fourth-order valence-corrected chi connectivity index (χ4v) is 3.45. The molecule has 1 saturated carbocycles. The Morgan fingerprint density at radius 1 is 1.13 bits per heavy atom. The molecule has 0 unspecified atom stereocenters. The second-order valence-corrected chi connectivity index (χ2v) is 5.56. The first-order chi connectivity index (χ1) is 7.36. The van der Waals surface area contributed by atoms with E-state index < -0.39 is 0 Å². The molecule has 2 N–H and O–H groups in total. The van der Waals surface area contributed by atoms with Gasteiger partial charge in [-0.3, -0.25) is 0 Å². The minimum absolute atomic E-state index is 0.873. The van der Waals surface area contributed by atoms with Crippen molar-refractivity contribution in [2.24, 2.45) is 0 Å². The lowest BCUT2D eigenvalue weighted by Crippen LogP contribution is -2.08. The number of rotatable bonds is 3. The smallest absolute Gasteiger partial charge is 0.0355 e. The third-order valence-electron chi connectivity index (χ3n) is 3.08. The third kappa shape index (κ3) is 3.16. The Morgan fingerprint density at radius 2 is 1.87 bits per heavy atom. The summed E-state index contributed by atoms with van der Waals surface area (Å²) in [5.74, 6) is 1.08. The van der Waals surface area contributed by atoms with Crippen molar-refractivity contribution in [1.29, 1.82) is 0 Å². The lowest BCUT2D eigenvalue weighted by molar-refractivity contribution is 0.516. The maximum atomic E-state index is 5.92. The highest BCUT2D eigenvalue weighted by atomic mass is 32.2. The molecule has 0 saturated heterocycles. The normalized spacial score (nSPS) is 17.9. The van der Waals surface area contributed by atoms with E-state index in [9.17, 15) is 0 Å². The van der Waals surface area contributed by atoms with E-state index in [4.69, 9.17) is 5.73 Å². The predicted molar refractivity (Wildman–Crippen MR) is 69.0 cm³/mol. The van der Waals surface area contributed by atoms with Crippen molar-refractivity contribution in [3.8, 4) is 0 Å². The van der Waals surface area contributed by atoms with Gasteiger partial charge in [0.2, 0.25) is 0 Å². The summed E-state index contributed by atoms with van der Waals surface area (Å²) in [6.07, 6.45) is 7.07. The Kier molecular flexibility index (Phi) is 3.95. The molecular weight excluding hydrogens is 202 g/mol. The van der Waals surface area contributed by atoms with E-state index >= 15 is 0 Å². The van der Waals surface area contributed by atoms with Crippen LogP contribution >= 0.6 is 11.8 Å². The first-order valence-corrected chi connectivity index (χ1v) is 6.86. The summed E-state index contributed by atoms with van der Waals surface area (Å²) in [4.78, 5) is 0. The predicted octanol–water partition coefficient (Wildman–Crippen LogP) is 3.83. The maximum Gasteiger partial charge on any atom is 0.0355 e. The van der Waals surface area contributed by atoms with Crippen molar-refractivity contribution in [3.63, 3.8) is 0 Å². The van der Waals surface area contributed by atoms with Gasteiger partial charge in [0.15, 0.2) is 0 Å². The van der Waals surface area contributed by atoms with Gasteiger partial charge < -0.3 is 5.73 Å². The molecular formula is C13H19NS. The largest absolute Gasteiger partial charge is 0.398 e. The van der Waals surface area contributed by atoms with Crippen molar-refractivity contribution in [2.75, 3.05) is 5.73 Å². The highest BCUT2D eigenvalue weighted by molar-refractivity contribution is 7.99. The average Bonchev–Trinajstić information content (AvgIpc) is 2.29. The Balaban J connectivity index is 1.84. The van der Waals surface area contributed by atoms with Crippen molar-refractivity contribution in [3.05, 3.63) is 29.8 Å². The molecule has 0 amide bonds. The molecule has 82 valence electrons. The molecule has 1 aromatic rings. The summed E-state index contributed by atoms with van der Waals surface area (Å²) in [6.45, 7) is 0. The van der Waals surface area contributed by atoms with Crippen molar-refractivity contribution >= 4 is 17.4 Å². The molecule has 0 heterocycles. The number of para-hydroxylation sites is 1. The fraction of sp³-hybridized carbons (Fsp3) is 0.538. The van der Waals surface area contributed by atoms with Crippen molar-refractivity contribution in [1.82, 2.24) is 0 Å². The van der Waals surface area contributed by atoms with Crippen molar-refractivity contribution < 1.29 is 0 Å². The van der Waals surface area contributed by atoms with Gasteiger partial charge in [0.05, 0.1) is 0 Å². The summed E-state index contributed by atoms with van der Waals surface area (Å²) >= 11 is 2.08. The van der Waals surface area contributed by atoms with E-state index in [0.29, 0.717) is 0 Å². The standard InChI is InChI=1S/C13H19NS/c14-13-9-5-4-6-11(13)10-15-12-7-2-1-3-8-12/h4-6,9,12H,1-3,7-8,10,14H2. The monoisotopic (exact) mass is 221 g/mol. The van der Waals surface area contributed by atoms with Crippen LogP contribution in [0.15, 0.2) is 24.3 Å². The first-order valence-electron chi connectivity index (χ1n) is 5.81. The molecule has 1 nitrogen and oxygen atoms in total. The molecule has 0 aromatic heterocycles. The van der Waals surface area contributed by atoms with E-state index in [2.05, 4.69) is 23.9 Å². The highest BCUT2D eigenvalue weighted by Gasteiger charge is 2.13. The van der Waals surface area contributed by atoms with Crippen LogP contribution < -0.4 is 5.73 Å². The molecule has 1 aliphatic carbocycles. The van der Waals surface area contributed by atoms with Crippen LogP contribution in [0.3, 0.4) is 0 Å². The Hall–Kier alpha value is -0.630. The maximum absolute atomic E-state index is 5.92. The molecule has 0 spiro atoms. The molecule has 0 radical (unpaired) electrons. The molecule has 2 heteroatoms. The molecule has 1 aliphatic rings.